The summed E-state index contributed by atoms with van der Waals surface area (Å²) in [4.78, 5) is 46.5. The number of carbonyl (C=O) groups is 4. The maximum Gasteiger partial charge on any atom is 0.338 e. The number of rotatable bonds is 1. The van der Waals surface area contributed by atoms with Crippen LogP contribution in [0.2, 0.25) is 0 Å². The van der Waals surface area contributed by atoms with E-state index in [0.717, 1.165) is 6.29 Å². The van der Waals surface area contributed by atoms with E-state index in [1.807, 2.05) is 32.0 Å². The van der Waals surface area contributed by atoms with Crippen LogP contribution in [-0.2, 0) is 23.9 Å². The SMILES string of the molecule is C=C1C(=O)OC(CO)C2(C)C1=C(O)C(=O)C1=C2C(O)CC2(C)C(=O)CCC12.CC.CC=O.Cc1ccccc1. The number of allylic oxidation sites excluding steroid dienone is 1. The molecule has 1 aromatic carbocycles. The minimum absolute atomic E-state index is 0.00599. The van der Waals surface area contributed by atoms with Gasteiger partial charge in [-0.3, -0.25) is 9.59 Å². The molecule has 8 nitrogen and oxygen atoms in total. The summed E-state index contributed by atoms with van der Waals surface area (Å²) in [6.45, 7) is 14.0. The molecule has 1 aliphatic heterocycles. The molecule has 5 unspecified atom stereocenters. The van der Waals surface area contributed by atoms with Crippen LogP contribution in [0.5, 0.6) is 0 Å². The van der Waals surface area contributed by atoms with Crippen LogP contribution < -0.4 is 0 Å². The lowest BCUT2D eigenvalue weighted by atomic mass is 9.53. The normalized spacial score (nSPS) is 30.7. The second-order valence-corrected chi connectivity index (χ2v) is 10.2. The number of esters is 1. The van der Waals surface area contributed by atoms with Crippen LogP contribution in [0.15, 0.2) is 65.0 Å². The summed E-state index contributed by atoms with van der Waals surface area (Å²) in [5.74, 6) is -2.57. The number of hydrogen-bond donors (Lipinski definition) is 3. The zero-order valence-corrected chi connectivity index (χ0v) is 23.6. The van der Waals surface area contributed by atoms with Gasteiger partial charge in [-0.15, -0.1) is 0 Å². The van der Waals surface area contributed by atoms with Crippen molar-refractivity contribution in [2.45, 2.75) is 73.0 Å². The number of carbonyl (C=O) groups excluding carboxylic acids is 4. The van der Waals surface area contributed by atoms with Crippen molar-refractivity contribution in [3.8, 4) is 0 Å². The molecular weight excluding hydrogens is 500 g/mol. The van der Waals surface area contributed by atoms with Gasteiger partial charge in [-0.05, 0) is 39.2 Å². The quantitative estimate of drug-likeness (QED) is 0.275. The number of Topliss-reactive ketones (excluding diaryl/α,β-unsaturated/α-hetero) is 2. The Kier molecular flexibility index (Phi) is 10.3. The molecule has 3 aliphatic carbocycles. The molecule has 0 bridgehead atoms. The Morgan fingerprint density at radius 3 is 2.18 bits per heavy atom. The van der Waals surface area contributed by atoms with Gasteiger partial charge >= 0.3 is 5.97 Å². The summed E-state index contributed by atoms with van der Waals surface area (Å²) in [5, 5.41) is 31.6. The topological polar surface area (TPSA) is 138 Å². The van der Waals surface area contributed by atoms with Crippen LogP contribution in [0.1, 0.15) is 59.4 Å². The third-order valence-electron chi connectivity index (χ3n) is 7.98. The van der Waals surface area contributed by atoms with Crippen molar-refractivity contribution in [1.82, 2.24) is 0 Å². The molecular formula is C31H40O8. The van der Waals surface area contributed by atoms with Gasteiger partial charge in [-0.2, -0.15) is 0 Å². The maximum absolute atomic E-state index is 13.1. The number of fused-ring (bicyclic) bond motifs is 4. The maximum atomic E-state index is 13.1. The number of benzene rings is 1. The molecule has 0 amide bonds. The highest BCUT2D eigenvalue weighted by Crippen LogP contribution is 2.61. The smallest absolute Gasteiger partial charge is 0.338 e. The van der Waals surface area contributed by atoms with Crippen molar-refractivity contribution >= 4 is 23.8 Å². The number of aliphatic hydroxyl groups is 3. The van der Waals surface area contributed by atoms with Gasteiger partial charge in [0.15, 0.2) is 5.76 Å². The van der Waals surface area contributed by atoms with Gasteiger partial charge in [0.1, 0.15) is 18.2 Å². The van der Waals surface area contributed by atoms with E-state index in [4.69, 9.17) is 9.53 Å². The third kappa shape index (κ3) is 5.40. The summed E-state index contributed by atoms with van der Waals surface area (Å²) >= 11 is 0. The predicted molar refractivity (Wildman–Crippen MR) is 147 cm³/mol. The Morgan fingerprint density at radius 1 is 1.13 bits per heavy atom. The van der Waals surface area contributed by atoms with Crippen LogP contribution in [0.3, 0.4) is 0 Å². The fourth-order valence-electron chi connectivity index (χ4n) is 6.16. The molecule has 0 aromatic heterocycles. The Morgan fingerprint density at radius 2 is 1.69 bits per heavy atom. The summed E-state index contributed by atoms with van der Waals surface area (Å²) in [6, 6.07) is 10.3. The lowest BCUT2D eigenvalue weighted by molar-refractivity contribution is -0.156. The van der Waals surface area contributed by atoms with E-state index in [9.17, 15) is 29.7 Å². The Labute approximate surface area is 230 Å². The first-order valence-corrected chi connectivity index (χ1v) is 13.3. The molecule has 39 heavy (non-hydrogen) atoms. The molecule has 4 aliphatic rings. The van der Waals surface area contributed by atoms with Crippen LogP contribution in [0.25, 0.3) is 0 Å². The van der Waals surface area contributed by atoms with Gasteiger partial charge in [0.25, 0.3) is 0 Å². The first-order valence-electron chi connectivity index (χ1n) is 13.3. The van der Waals surface area contributed by atoms with E-state index in [1.165, 1.54) is 12.5 Å². The number of ether oxygens (including phenoxy) is 1. The Hall–Kier alpha value is -3.36. The number of aryl methyl sites for hydroxylation is 1. The monoisotopic (exact) mass is 540 g/mol. The average molecular weight is 541 g/mol. The first kappa shape index (κ1) is 31.9. The van der Waals surface area contributed by atoms with Crippen molar-refractivity contribution in [3.05, 3.63) is 70.5 Å². The van der Waals surface area contributed by atoms with Gasteiger partial charge in [0.05, 0.1) is 23.7 Å². The third-order valence-corrected chi connectivity index (χ3v) is 7.98. The van der Waals surface area contributed by atoms with Crippen molar-refractivity contribution in [3.63, 3.8) is 0 Å². The molecule has 8 heteroatoms. The molecule has 2 fully saturated rings. The molecule has 1 saturated heterocycles. The predicted octanol–water partition coefficient (Wildman–Crippen LogP) is 4.13. The van der Waals surface area contributed by atoms with E-state index in [-0.39, 0.29) is 28.9 Å². The average Bonchev–Trinajstić information content (AvgIpc) is 3.20. The standard InChI is InChI=1S/C20H22O7.C7H8.C2H4O.C2H6/c1-8-14-17(25)16(24)13-9-4-5-11(23)19(9,2)6-10(22)15(13)20(14,3)12(7-21)27-18(8)26;1-7-5-3-2-4-6-7;1-2-3;1-2/h9-10,12,21-22,25H,1,4-7H2,2-3H3;2-6H,1H3;2H,1H3;1-2H3. The highest BCUT2D eigenvalue weighted by Gasteiger charge is 2.63. The zero-order valence-electron chi connectivity index (χ0n) is 23.6. The molecule has 5 atom stereocenters. The van der Waals surface area contributed by atoms with E-state index in [1.54, 1.807) is 13.8 Å². The summed E-state index contributed by atoms with van der Waals surface area (Å²) in [7, 11) is 0. The number of aliphatic hydroxyl groups excluding tert-OH is 3. The number of cyclic esters (lactones) is 1. The van der Waals surface area contributed by atoms with Gasteiger partial charge in [0, 0.05) is 28.9 Å². The van der Waals surface area contributed by atoms with Crippen LogP contribution >= 0.6 is 0 Å². The number of aldehydes is 1. The molecule has 1 aromatic rings. The molecule has 1 saturated carbocycles. The molecule has 3 N–H and O–H groups in total. The van der Waals surface area contributed by atoms with Crippen LogP contribution in [0, 0.1) is 23.7 Å². The van der Waals surface area contributed by atoms with E-state index in [0.29, 0.717) is 18.4 Å². The zero-order chi connectivity index (χ0) is 29.7. The highest BCUT2D eigenvalue weighted by molar-refractivity contribution is 6.13. The minimum Gasteiger partial charge on any atom is -0.504 e. The first-order chi connectivity index (χ1) is 18.4. The van der Waals surface area contributed by atoms with Gasteiger partial charge in [0.2, 0.25) is 5.78 Å². The fourth-order valence-corrected chi connectivity index (χ4v) is 6.16. The Bertz CT molecular complexity index is 1190. The fraction of sp³-hybridized carbons (Fsp3) is 0.484. The van der Waals surface area contributed by atoms with Gasteiger partial charge in [-0.25, -0.2) is 4.79 Å². The summed E-state index contributed by atoms with van der Waals surface area (Å²) < 4.78 is 5.30. The highest BCUT2D eigenvalue weighted by atomic mass is 16.6. The number of hydrogen-bond acceptors (Lipinski definition) is 8. The van der Waals surface area contributed by atoms with Crippen molar-refractivity contribution in [2.24, 2.45) is 16.7 Å². The molecule has 0 radical (unpaired) electrons. The lowest BCUT2D eigenvalue weighted by Gasteiger charge is -2.52. The molecule has 212 valence electrons. The lowest BCUT2D eigenvalue weighted by Crippen LogP contribution is -2.56. The van der Waals surface area contributed by atoms with Crippen molar-refractivity contribution in [2.75, 3.05) is 6.61 Å². The molecule has 1 heterocycles. The van der Waals surface area contributed by atoms with Crippen LogP contribution in [0.4, 0.5) is 0 Å². The van der Waals surface area contributed by atoms with E-state index < -0.39 is 53.1 Å². The van der Waals surface area contributed by atoms with Crippen molar-refractivity contribution < 1.29 is 39.2 Å². The molecule has 5 rings (SSSR count). The van der Waals surface area contributed by atoms with E-state index >= 15 is 0 Å². The summed E-state index contributed by atoms with van der Waals surface area (Å²) in [5.41, 5.74) is -0.475. The largest absolute Gasteiger partial charge is 0.504 e. The van der Waals surface area contributed by atoms with Gasteiger partial charge in [-0.1, -0.05) is 63.2 Å². The van der Waals surface area contributed by atoms with Gasteiger partial charge < -0.3 is 24.9 Å². The van der Waals surface area contributed by atoms with Crippen LogP contribution in [-0.4, -0.2) is 58.0 Å². The minimum atomic E-state index is -1.29. The second kappa shape index (κ2) is 12.7. The van der Waals surface area contributed by atoms with E-state index in [2.05, 4.69) is 25.6 Å². The molecule has 0 spiro atoms. The Balaban J connectivity index is 0.000000374. The summed E-state index contributed by atoms with van der Waals surface area (Å²) in [6.07, 6.45) is -0.571. The second-order valence-electron chi connectivity index (χ2n) is 10.2. The number of ketones is 2. The van der Waals surface area contributed by atoms with Crippen molar-refractivity contribution in [1.29, 1.82) is 0 Å².